The van der Waals surface area contributed by atoms with E-state index in [9.17, 15) is 4.79 Å². The number of carbonyl (C=O) groups excluding carboxylic acids is 1. The van der Waals surface area contributed by atoms with Gasteiger partial charge >= 0.3 is 0 Å². The maximum absolute atomic E-state index is 12.6. The van der Waals surface area contributed by atoms with Crippen LogP contribution in [0.5, 0.6) is 0 Å². The Balaban J connectivity index is 1.70. The topological polar surface area (TPSA) is 93.8 Å². The van der Waals surface area contributed by atoms with Gasteiger partial charge in [0.2, 0.25) is 5.95 Å². The van der Waals surface area contributed by atoms with Crippen LogP contribution in [0.2, 0.25) is 0 Å². The first kappa shape index (κ1) is 16.7. The van der Waals surface area contributed by atoms with E-state index in [0.29, 0.717) is 11.3 Å². The summed E-state index contributed by atoms with van der Waals surface area (Å²) >= 11 is 0. The number of fused-ring (bicyclic) bond motifs is 1. The fraction of sp³-hybridized carbons (Fsp3) is 0.0476. The Hall–Kier alpha value is -3.80. The average Bonchev–Trinajstić information content (AvgIpc) is 2.68. The number of nitrogen functional groups attached to an aromatic ring is 1. The Kier molecular flexibility index (Phi) is 4.22. The van der Waals surface area contributed by atoms with Crippen molar-refractivity contribution in [3.05, 3.63) is 78.2 Å². The molecule has 2 aromatic carbocycles. The number of rotatable bonds is 3. The van der Waals surface area contributed by atoms with Crippen LogP contribution in [0.25, 0.3) is 22.0 Å². The summed E-state index contributed by atoms with van der Waals surface area (Å²) in [6.45, 7) is 2.02. The minimum absolute atomic E-state index is 0.179. The molecule has 0 saturated heterocycles. The first-order valence-electron chi connectivity index (χ1n) is 8.45. The molecule has 2 aromatic heterocycles. The van der Waals surface area contributed by atoms with Crippen molar-refractivity contribution in [1.82, 2.24) is 15.0 Å². The maximum Gasteiger partial charge on any atom is 0.255 e. The Morgan fingerprint density at radius 1 is 1.07 bits per heavy atom. The normalized spacial score (nSPS) is 10.7. The van der Waals surface area contributed by atoms with Crippen molar-refractivity contribution in [2.75, 3.05) is 11.1 Å². The molecular formula is C21H17N5O. The largest absolute Gasteiger partial charge is 0.368 e. The smallest absolute Gasteiger partial charge is 0.255 e. The Bertz CT molecular complexity index is 1140. The van der Waals surface area contributed by atoms with E-state index in [1.54, 1.807) is 30.7 Å². The first-order chi connectivity index (χ1) is 13.1. The van der Waals surface area contributed by atoms with Crippen molar-refractivity contribution in [2.24, 2.45) is 0 Å². The Labute approximate surface area is 156 Å². The zero-order chi connectivity index (χ0) is 18.8. The van der Waals surface area contributed by atoms with Crippen LogP contribution in [0.3, 0.4) is 0 Å². The number of hydrogen-bond acceptors (Lipinski definition) is 5. The van der Waals surface area contributed by atoms with Gasteiger partial charge in [0.25, 0.3) is 5.91 Å². The highest BCUT2D eigenvalue weighted by atomic mass is 16.1. The van der Waals surface area contributed by atoms with Crippen LogP contribution in [0.15, 0.2) is 67.1 Å². The highest BCUT2D eigenvalue weighted by Crippen LogP contribution is 2.28. The predicted molar refractivity (Wildman–Crippen MR) is 106 cm³/mol. The molecule has 0 saturated carbocycles. The quantitative estimate of drug-likeness (QED) is 0.582. The van der Waals surface area contributed by atoms with Crippen molar-refractivity contribution >= 4 is 28.4 Å². The van der Waals surface area contributed by atoms with Gasteiger partial charge in [0.15, 0.2) is 0 Å². The summed E-state index contributed by atoms with van der Waals surface area (Å²) in [5, 5.41) is 3.75. The molecule has 27 heavy (non-hydrogen) atoms. The standard InChI is InChI=1S/C21H17N5O/c1-13-4-5-15(20(27)25-17-3-2-8-23-12-17)10-18(13)14-6-7-19-16(9-14)11-24-21(22)26-19/h2-12H,1H3,(H,25,27)(H2,22,24,26). The molecule has 0 aliphatic rings. The summed E-state index contributed by atoms with van der Waals surface area (Å²) in [5.41, 5.74) is 10.7. The van der Waals surface area contributed by atoms with E-state index in [1.807, 2.05) is 43.3 Å². The van der Waals surface area contributed by atoms with E-state index in [2.05, 4.69) is 20.3 Å². The lowest BCUT2D eigenvalue weighted by Gasteiger charge is -2.11. The zero-order valence-electron chi connectivity index (χ0n) is 14.7. The number of hydrogen-bond donors (Lipinski definition) is 2. The summed E-state index contributed by atoms with van der Waals surface area (Å²) in [6.07, 6.45) is 4.98. The summed E-state index contributed by atoms with van der Waals surface area (Å²) in [7, 11) is 0. The second kappa shape index (κ2) is 6.84. The zero-order valence-corrected chi connectivity index (χ0v) is 14.7. The van der Waals surface area contributed by atoms with Gasteiger partial charge < -0.3 is 11.1 Å². The van der Waals surface area contributed by atoms with E-state index in [-0.39, 0.29) is 11.9 Å². The van der Waals surface area contributed by atoms with Gasteiger partial charge in [0.1, 0.15) is 0 Å². The fourth-order valence-corrected chi connectivity index (χ4v) is 2.93. The van der Waals surface area contributed by atoms with Gasteiger partial charge in [-0.25, -0.2) is 9.97 Å². The highest BCUT2D eigenvalue weighted by Gasteiger charge is 2.11. The maximum atomic E-state index is 12.6. The number of nitrogens with two attached hydrogens (primary N) is 1. The van der Waals surface area contributed by atoms with Crippen molar-refractivity contribution < 1.29 is 4.79 Å². The van der Waals surface area contributed by atoms with Gasteiger partial charge in [-0.2, -0.15) is 0 Å². The van der Waals surface area contributed by atoms with Gasteiger partial charge in [-0.15, -0.1) is 0 Å². The van der Waals surface area contributed by atoms with Crippen LogP contribution in [0.1, 0.15) is 15.9 Å². The summed E-state index contributed by atoms with van der Waals surface area (Å²) in [4.78, 5) is 24.9. The monoisotopic (exact) mass is 355 g/mol. The number of aryl methyl sites for hydroxylation is 1. The predicted octanol–water partition coefficient (Wildman–Crippen LogP) is 3.83. The number of nitrogens with one attached hydrogen (secondary N) is 1. The Morgan fingerprint density at radius 3 is 2.78 bits per heavy atom. The molecule has 6 nitrogen and oxygen atoms in total. The van der Waals surface area contributed by atoms with Crippen molar-refractivity contribution in [3.63, 3.8) is 0 Å². The van der Waals surface area contributed by atoms with Gasteiger partial charge in [-0.3, -0.25) is 9.78 Å². The number of amides is 1. The third-order valence-electron chi connectivity index (χ3n) is 4.33. The number of aromatic nitrogens is 3. The molecule has 0 atom stereocenters. The number of nitrogens with zero attached hydrogens (tertiary/aromatic N) is 3. The fourth-order valence-electron chi connectivity index (χ4n) is 2.93. The highest BCUT2D eigenvalue weighted by molar-refractivity contribution is 6.05. The molecule has 0 radical (unpaired) electrons. The van der Waals surface area contributed by atoms with E-state index in [1.165, 1.54) is 0 Å². The lowest BCUT2D eigenvalue weighted by Crippen LogP contribution is -2.12. The van der Waals surface area contributed by atoms with E-state index in [4.69, 9.17) is 5.73 Å². The van der Waals surface area contributed by atoms with Crippen molar-refractivity contribution in [3.8, 4) is 11.1 Å². The minimum atomic E-state index is -0.179. The molecule has 0 spiro atoms. The van der Waals surface area contributed by atoms with Crippen LogP contribution in [-0.4, -0.2) is 20.9 Å². The lowest BCUT2D eigenvalue weighted by atomic mass is 9.97. The molecule has 3 N–H and O–H groups in total. The molecule has 132 valence electrons. The number of benzene rings is 2. The van der Waals surface area contributed by atoms with Crippen molar-refractivity contribution in [1.29, 1.82) is 0 Å². The summed E-state index contributed by atoms with van der Waals surface area (Å²) < 4.78 is 0. The molecule has 6 heteroatoms. The van der Waals surface area contributed by atoms with E-state index >= 15 is 0 Å². The average molecular weight is 355 g/mol. The second-order valence-electron chi connectivity index (χ2n) is 6.23. The molecule has 1 amide bonds. The minimum Gasteiger partial charge on any atom is -0.368 e. The first-order valence-corrected chi connectivity index (χ1v) is 8.45. The molecule has 0 unspecified atom stereocenters. The third kappa shape index (κ3) is 3.46. The van der Waals surface area contributed by atoms with Crippen LogP contribution < -0.4 is 11.1 Å². The second-order valence-corrected chi connectivity index (χ2v) is 6.23. The molecule has 4 aromatic rings. The molecule has 4 rings (SSSR count). The number of pyridine rings is 1. The SMILES string of the molecule is Cc1ccc(C(=O)Nc2cccnc2)cc1-c1ccc2nc(N)ncc2c1. The van der Waals surface area contributed by atoms with Crippen LogP contribution in [0.4, 0.5) is 11.6 Å². The number of carbonyl (C=O) groups is 1. The molecule has 0 aliphatic heterocycles. The van der Waals surface area contributed by atoms with Gasteiger partial charge in [-0.1, -0.05) is 12.1 Å². The summed E-state index contributed by atoms with van der Waals surface area (Å²) in [5.74, 6) is 0.0710. The molecule has 0 fully saturated rings. The lowest BCUT2D eigenvalue weighted by molar-refractivity contribution is 0.102. The van der Waals surface area contributed by atoms with Gasteiger partial charge in [0, 0.05) is 23.3 Å². The number of anilines is 2. The van der Waals surface area contributed by atoms with Crippen LogP contribution in [0, 0.1) is 6.92 Å². The van der Waals surface area contributed by atoms with Gasteiger partial charge in [0.05, 0.1) is 17.4 Å². The third-order valence-corrected chi connectivity index (χ3v) is 4.33. The van der Waals surface area contributed by atoms with Crippen LogP contribution in [-0.2, 0) is 0 Å². The molecular weight excluding hydrogens is 338 g/mol. The molecule has 0 bridgehead atoms. The van der Waals surface area contributed by atoms with E-state index in [0.717, 1.165) is 27.6 Å². The summed E-state index contributed by atoms with van der Waals surface area (Å²) in [6, 6.07) is 15.1. The Morgan fingerprint density at radius 2 is 1.96 bits per heavy atom. The van der Waals surface area contributed by atoms with E-state index < -0.39 is 0 Å². The van der Waals surface area contributed by atoms with Gasteiger partial charge in [-0.05, 0) is 60.0 Å². The van der Waals surface area contributed by atoms with Crippen molar-refractivity contribution in [2.45, 2.75) is 6.92 Å². The molecule has 2 heterocycles. The molecule has 0 aliphatic carbocycles. The van der Waals surface area contributed by atoms with Crippen LogP contribution >= 0.6 is 0 Å².